The minimum Gasteiger partial charge on any atom is -0.457 e. The predicted molar refractivity (Wildman–Crippen MR) is 361 cm³/mol. The van der Waals surface area contributed by atoms with E-state index >= 15 is 0 Å². The third kappa shape index (κ3) is 31.7. The lowest BCUT2D eigenvalue weighted by molar-refractivity contribution is -0.130. The summed E-state index contributed by atoms with van der Waals surface area (Å²) < 4.78 is 85.1. The number of carbonyl (C=O) groups excluding carboxylic acids is 7. The molecule has 0 radical (unpaired) electrons. The maximum absolute atomic E-state index is 12.2. The Labute approximate surface area is 565 Å². The van der Waals surface area contributed by atoms with E-state index in [2.05, 4.69) is 19.7 Å². The second kappa shape index (κ2) is 33.9. The molecule has 0 fully saturated rings. The van der Waals surface area contributed by atoms with Crippen LogP contribution in [0.3, 0.4) is 0 Å². The monoisotopic (exact) mass is 1340 g/mol. The first-order valence-electron chi connectivity index (χ1n) is 30.1. The summed E-state index contributed by atoms with van der Waals surface area (Å²) >= 11 is 0. The van der Waals surface area contributed by atoms with Crippen molar-refractivity contribution in [3.63, 3.8) is 0 Å². The van der Waals surface area contributed by atoms with Crippen molar-refractivity contribution in [3.05, 3.63) is 164 Å². The quantitative estimate of drug-likeness (QED) is 0.0286. The fraction of sp³-hybridized carbons (Fsp3) is 0.338. The molecule has 0 bridgehead atoms. The van der Waals surface area contributed by atoms with Crippen LogP contribution in [-0.2, 0) is 33.2 Å². The van der Waals surface area contributed by atoms with Crippen LogP contribution in [0.15, 0.2) is 153 Å². The number of ether oxygens (including phenoxy) is 16. The van der Waals surface area contributed by atoms with Crippen molar-refractivity contribution in [2.24, 2.45) is 0 Å². The predicted octanol–water partition coefficient (Wildman–Crippen LogP) is 20.1. The Morgan fingerprint density at radius 1 is 0.278 bits per heavy atom. The Balaban J connectivity index is 0.000000310. The van der Waals surface area contributed by atoms with E-state index in [1.807, 2.05) is 24.3 Å². The molecule has 23 nitrogen and oxygen atoms in total. The van der Waals surface area contributed by atoms with Gasteiger partial charge in [-0.25, -0.2) is 33.6 Å². The molecule has 0 N–H and O–H groups in total. The van der Waals surface area contributed by atoms with E-state index in [0.717, 1.165) is 11.1 Å². The van der Waals surface area contributed by atoms with E-state index in [-0.39, 0.29) is 45.8 Å². The molecule has 97 heavy (non-hydrogen) atoms. The highest BCUT2D eigenvalue weighted by molar-refractivity contribution is 5.88. The highest BCUT2D eigenvalue weighted by Gasteiger charge is 2.28. The van der Waals surface area contributed by atoms with Crippen molar-refractivity contribution >= 4 is 55.1 Å². The molecule has 6 rings (SSSR count). The third-order valence-corrected chi connectivity index (χ3v) is 10.6. The zero-order chi connectivity index (χ0) is 72.9. The standard InChI is InChI=1S/C26H30O9.2C24H28O7/c1-16(2)22(27)31-18-11-9-17(10-12-18)30-19-13-14-20(32-23(28)34-25(3,4)5)21(15-19)33-24(29)35-26(6,7)8;2*1-8-16-9-11-17(12-10-16)27-18-13-14-19(28-21(25)30-23(2,3)4)20(15-18)29-22(26)31-24(5,6)7/h9-15H,1H2,2-8H3;2*8-15H,1H2,2-7H3. The van der Waals surface area contributed by atoms with Crippen LogP contribution in [-0.4, -0.2) is 76.5 Å². The molecular formula is C74H86O23. The third-order valence-electron chi connectivity index (χ3n) is 10.6. The zero-order valence-corrected chi connectivity index (χ0v) is 58.3. The smallest absolute Gasteiger partial charge is 0.457 e. The number of hydrogen-bond acceptors (Lipinski definition) is 23. The molecule has 520 valence electrons. The Kier molecular flexibility index (Phi) is 27.4. The number of benzene rings is 6. The van der Waals surface area contributed by atoms with Crippen LogP contribution in [0.25, 0.3) is 12.2 Å². The molecule has 23 heteroatoms. The van der Waals surface area contributed by atoms with Gasteiger partial charge in [-0.05, 0) is 228 Å². The lowest BCUT2D eigenvalue weighted by atomic mass is 10.2. The Bertz CT molecular complexity index is 3570. The fourth-order valence-corrected chi connectivity index (χ4v) is 6.83. The van der Waals surface area contributed by atoms with Gasteiger partial charge < -0.3 is 75.8 Å². The second-order valence-corrected chi connectivity index (χ2v) is 26.7. The molecular weight excluding hydrogens is 1260 g/mol. The molecule has 0 amide bonds. The Morgan fingerprint density at radius 2 is 0.474 bits per heavy atom. The van der Waals surface area contributed by atoms with Gasteiger partial charge in [-0.2, -0.15) is 0 Å². The number of rotatable bonds is 16. The van der Waals surface area contributed by atoms with E-state index < -0.39 is 76.5 Å². The van der Waals surface area contributed by atoms with Crippen LogP contribution in [0.5, 0.6) is 74.7 Å². The van der Waals surface area contributed by atoms with Crippen molar-refractivity contribution < 1.29 is 109 Å². The molecule has 6 aromatic rings. The van der Waals surface area contributed by atoms with E-state index in [1.54, 1.807) is 204 Å². The highest BCUT2D eigenvalue weighted by Crippen LogP contribution is 2.39. The van der Waals surface area contributed by atoms with E-state index in [0.29, 0.717) is 34.5 Å². The molecule has 6 aromatic carbocycles. The molecule has 0 spiro atoms. The largest absolute Gasteiger partial charge is 0.514 e. The summed E-state index contributed by atoms with van der Waals surface area (Å²) in [7, 11) is 0. The average molecular weight is 1340 g/mol. The van der Waals surface area contributed by atoms with Gasteiger partial charge in [0, 0.05) is 23.8 Å². The van der Waals surface area contributed by atoms with Gasteiger partial charge in [-0.15, -0.1) is 0 Å². The molecule has 0 atom stereocenters. The molecule has 0 unspecified atom stereocenters. The summed E-state index contributed by atoms with van der Waals surface area (Å²) in [5.74, 6) is 1.98. The number of esters is 1. The summed E-state index contributed by atoms with van der Waals surface area (Å²) in [5, 5.41) is 0. The van der Waals surface area contributed by atoms with Crippen molar-refractivity contribution in [1.82, 2.24) is 0 Å². The minimum absolute atomic E-state index is 0.0190. The van der Waals surface area contributed by atoms with Crippen molar-refractivity contribution in [2.75, 3.05) is 0 Å². The van der Waals surface area contributed by atoms with Gasteiger partial charge >= 0.3 is 42.9 Å². The van der Waals surface area contributed by atoms with Crippen molar-refractivity contribution in [2.45, 2.75) is 165 Å². The normalized spacial score (nSPS) is 11.2. The van der Waals surface area contributed by atoms with E-state index in [9.17, 15) is 33.6 Å². The summed E-state index contributed by atoms with van der Waals surface area (Å²) in [6.07, 6.45) is -2.29. The molecule has 0 heterocycles. The maximum Gasteiger partial charge on any atom is 0.514 e. The summed E-state index contributed by atoms with van der Waals surface area (Å²) in [4.78, 5) is 84.5. The van der Waals surface area contributed by atoms with Gasteiger partial charge in [0.25, 0.3) is 0 Å². The maximum atomic E-state index is 12.2. The highest BCUT2D eigenvalue weighted by atomic mass is 16.8. The summed E-state index contributed by atoms with van der Waals surface area (Å²) in [5.41, 5.74) is -2.42. The van der Waals surface area contributed by atoms with Crippen LogP contribution in [0, 0.1) is 0 Å². The SMILES string of the molecule is C=C(C)C(=O)Oc1ccc(Oc2ccc(OC(=O)OC(C)(C)C)c(OC(=O)OC(C)(C)C)c2)cc1.C=Cc1ccc(Oc2ccc(OC(=O)OC(C)(C)C)c(OC(=O)OC(C)(C)C)c2)cc1.C=Cc1ccc(Oc2ccc(OC(=O)OC(C)(C)C)c(OC(=O)OC(C)(C)C)c2)cc1. The molecule has 0 aliphatic carbocycles. The van der Waals surface area contributed by atoms with E-state index in [4.69, 9.17) is 75.8 Å². The van der Waals surface area contributed by atoms with Crippen LogP contribution >= 0.6 is 0 Å². The number of carbonyl (C=O) groups is 7. The summed E-state index contributed by atoms with van der Waals surface area (Å²) in [6.45, 7) is 43.1. The van der Waals surface area contributed by atoms with Gasteiger partial charge in [0.2, 0.25) is 0 Å². The minimum atomic E-state index is -0.993. The molecule has 0 saturated carbocycles. The fourth-order valence-electron chi connectivity index (χ4n) is 6.83. The average Bonchev–Trinajstić information content (AvgIpc) is 0.851. The lowest BCUT2D eigenvalue weighted by Gasteiger charge is -2.21. The first kappa shape index (κ1) is 78.5. The Hall–Kier alpha value is -11.0. The van der Waals surface area contributed by atoms with Gasteiger partial charge in [0.05, 0.1) is 0 Å². The van der Waals surface area contributed by atoms with Gasteiger partial charge in [-0.1, -0.05) is 56.2 Å². The second-order valence-electron chi connectivity index (χ2n) is 26.7. The molecule has 0 aliphatic rings. The first-order valence-corrected chi connectivity index (χ1v) is 30.1. The van der Waals surface area contributed by atoms with Gasteiger partial charge in [-0.3, -0.25) is 0 Å². The summed E-state index contributed by atoms with van der Waals surface area (Å²) in [6, 6.07) is 33.9. The van der Waals surface area contributed by atoms with Crippen LogP contribution in [0.2, 0.25) is 0 Å². The lowest BCUT2D eigenvalue weighted by Crippen LogP contribution is -2.27. The van der Waals surface area contributed by atoms with Gasteiger partial charge in [0.15, 0.2) is 34.5 Å². The molecule has 0 aromatic heterocycles. The topological polar surface area (TPSA) is 267 Å². The molecule has 0 aliphatic heterocycles. The molecule has 0 saturated heterocycles. The van der Waals surface area contributed by atoms with Crippen molar-refractivity contribution in [1.29, 1.82) is 0 Å². The van der Waals surface area contributed by atoms with E-state index in [1.165, 1.54) is 42.5 Å². The zero-order valence-electron chi connectivity index (χ0n) is 58.3. The van der Waals surface area contributed by atoms with Crippen molar-refractivity contribution in [3.8, 4) is 74.7 Å². The number of hydrogen-bond donors (Lipinski definition) is 0. The van der Waals surface area contributed by atoms with Gasteiger partial charge in [0.1, 0.15) is 73.9 Å². The van der Waals surface area contributed by atoms with Crippen LogP contribution in [0.1, 0.15) is 143 Å². The Morgan fingerprint density at radius 3 is 0.680 bits per heavy atom. The van der Waals surface area contributed by atoms with Crippen LogP contribution < -0.4 is 47.4 Å². The first-order chi connectivity index (χ1) is 44.8. The van der Waals surface area contributed by atoms with Crippen LogP contribution in [0.4, 0.5) is 28.8 Å².